The van der Waals surface area contributed by atoms with Crippen molar-refractivity contribution < 1.29 is 9.21 Å². The molecule has 1 aliphatic heterocycles. The molecular formula is C21H15Cl2N3O2S. The van der Waals surface area contributed by atoms with Gasteiger partial charge < -0.3 is 9.73 Å². The molecular weight excluding hydrogens is 429 g/mol. The van der Waals surface area contributed by atoms with E-state index >= 15 is 0 Å². The normalized spacial score (nSPS) is 17.9. The summed E-state index contributed by atoms with van der Waals surface area (Å²) >= 11 is 13.4. The van der Waals surface area contributed by atoms with E-state index < -0.39 is 0 Å². The molecule has 2 aromatic carbocycles. The van der Waals surface area contributed by atoms with Crippen LogP contribution in [-0.4, -0.2) is 22.5 Å². The van der Waals surface area contributed by atoms with Crippen molar-refractivity contribution >= 4 is 52.3 Å². The summed E-state index contributed by atoms with van der Waals surface area (Å²) in [6, 6.07) is 18.5. The van der Waals surface area contributed by atoms with Crippen molar-refractivity contribution in [2.24, 2.45) is 10.2 Å². The molecule has 0 aliphatic carbocycles. The fourth-order valence-corrected chi connectivity index (χ4v) is 4.11. The molecule has 0 saturated carbocycles. The summed E-state index contributed by atoms with van der Waals surface area (Å²) in [5.74, 6) is 1.10. The van der Waals surface area contributed by atoms with E-state index in [0.717, 1.165) is 11.1 Å². The standard InChI is InChI=1S/C21H15Cl2N3O2S/c22-14-7-5-13(6-8-14)11-19-20(27)25-21(29-19)26-24-12-15-9-10-18(28-15)16-3-1-2-4-17(16)23/h1-10,12,19H,11H2,(H,25,26,27)/b24-12+. The molecule has 0 radical (unpaired) electrons. The van der Waals surface area contributed by atoms with E-state index in [0.29, 0.717) is 33.2 Å². The third-order valence-corrected chi connectivity index (χ3v) is 5.86. The van der Waals surface area contributed by atoms with Gasteiger partial charge in [0.25, 0.3) is 0 Å². The molecule has 1 N–H and O–H groups in total. The minimum absolute atomic E-state index is 0.0853. The number of nitrogens with one attached hydrogen (secondary N) is 1. The van der Waals surface area contributed by atoms with Gasteiger partial charge >= 0.3 is 0 Å². The van der Waals surface area contributed by atoms with Crippen molar-refractivity contribution in [2.45, 2.75) is 11.7 Å². The number of halogens is 2. The van der Waals surface area contributed by atoms with E-state index in [1.807, 2.05) is 48.5 Å². The third kappa shape index (κ3) is 4.90. The second kappa shape index (κ2) is 8.86. The highest BCUT2D eigenvalue weighted by Crippen LogP contribution is 2.29. The highest BCUT2D eigenvalue weighted by Gasteiger charge is 2.30. The van der Waals surface area contributed by atoms with Crippen LogP contribution in [0.2, 0.25) is 10.0 Å². The van der Waals surface area contributed by atoms with Gasteiger partial charge in [-0.05, 0) is 48.4 Å². The van der Waals surface area contributed by atoms with Crippen LogP contribution in [-0.2, 0) is 11.2 Å². The maximum absolute atomic E-state index is 12.2. The number of thioether (sulfide) groups is 1. The van der Waals surface area contributed by atoms with E-state index in [9.17, 15) is 4.79 Å². The summed E-state index contributed by atoms with van der Waals surface area (Å²) in [6.07, 6.45) is 2.09. The van der Waals surface area contributed by atoms with Crippen molar-refractivity contribution in [1.29, 1.82) is 0 Å². The summed E-state index contributed by atoms with van der Waals surface area (Å²) in [4.78, 5) is 12.2. The van der Waals surface area contributed by atoms with E-state index in [2.05, 4.69) is 15.5 Å². The van der Waals surface area contributed by atoms with Crippen molar-refractivity contribution in [3.8, 4) is 11.3 Å². The first-order valence-electron chi connectivity index (χ1n) is 8.76. The number of carbonyl (C=O) groups is 1. The second-order valence-electron chi connectivity index (χ2n) is 6.26. The van der Waals surface area contributed by atoms with Gasteiger partial charge in [-0.3, -0.25) is 4.79 Å². The van der Waals surface area contributed by atoms with Crippen LogP contribution < -0.4 is 5.32 Å². The Morgan fingerprint density at radius 2 is 1.86 bits per heavy atom. The maximum Gasteiger partial charge on any atom is 0.239 e. The van der Waals surface area contributed by atoms with Crippen LogP contribution >= 0.6 is 35.0 Å². The molecule has 1 atom stereocenters. The first-order chi connectivity index (χ1) is 14.1. The van der Waals surface area contributed by atoms with Crippen LogP contribution in [0.4, 0.5) is 0 Å². The molecule has 29 heavy (non-hydrogen) atoms. The topological polar surface area (TPSA) is 67.0 Å². The van der Waals surface area contributed by atoms with Gasteiger partial charge in [0.05, 0.1) is 16.5 Å². The van der Waals surface area contributed by atoms with Crippen LogP contribution in [0.1, 0.15) is 11.3 Å². The van der Waals surface area contributed by atoms with Crippen LogP contribution in [0.5, 0.6) is 0 Å². The van der Waals surface area contributed by atoms with Crippen molar-refractivity contribution in [2.75, 3.05) is 0 Å². The number of benzene rings is 2. The minimum Gasteiger partial charge on any atom is -0.455 e. The lowest BCUT2D eigenvalue weighted by atomic mass is 10.1. The molecule has 8 heteroatoms. The molecule has 1 amide bonds. The highest BCUT2D eigenvalue weighted by atomic mass is 35.5. The smallest absolute Gasteiger partial charge is 0.239 e. The zero-order valence-corrected chi connectivity index (χ0v) is 17.3. The molecule has 0 bridgehead atoms. The highest BCUT2D eigenvalue weighted by molar-refractivity contribution is 8.15. The summed E-state index contributed by atoms with van der Waals surface area (Å²) in [5.41, 5.74) is 1.85. The monoisotopic (exact) mass is 443 g/mol. The van der Waals surface area contributed by atoms with Gasteiger partial charge in [0.2, 0.25) is 5.91 Å². The van der Waals surface area contributed by atoms with Gasteiger partial charge in [0.15, 0.2) is 5.17 Å². The number of amides is 1. The van der Waals surface area contributed by atoms with Gasteiger partial charge in [-0.25, -0.2) is 0 Å². The Morgan fingerprint density at radius 3 is 2.66 bits per heavy atom. The van der Waals surface area contributed by atoms with Gasteiger partial charge in [0.1, 0.15) is 11.5 Å². The molecule has 1 aliphatic rings. The fraction of sp³-hybridized carbons (Fsp3) is 0.0952. The molecule has 146 valence electrons. The number of amidine groups is 1. The first kappa shape index (κ1) is 19.8. The Morgan fingerprint density at radius 1 is 1.07 bits per heavy atom. The SMILES string of the molecule is O=C1N/C(=N\N=C\c2ccc(-c3ccccc3Cl)o2)SC1Cc1ccc(Cl)cc1. The number of rotatable bonds is 5. The maximum atomic E-state index is 12.2. The molecule has 2 heterocycles. The molecule has 1 fully saturated rings. The number of hydrogen-bond acceptors (Lipinski definition) is 5. The van der Waals surface area contributed by atoms with Gasteiger partial charge in [-0.2, -0.15) is 5.10 Å². The number of furan rings is 1. The van der Waals surface area contributed by atoms with Crippen LogP contribution in [0.15, 0.2) is 75.3 Å². The first-order valence-corrected chi connectivity index (χ1v) is 10.4. The van der Waals surface area contributed by atoms with Crippen molar-refractivity contribution in [1.82, 2.24) is 5.32 Å². The average molecular weight is 444 g/mol. The van der Waals surface area contributed by atoms with Crippen LogP contribution in [0, 0.1) is 0 Å². The molecule has 1 saturated heterocycles. The van der Waals surface area contributed by atoms with Gasteiger partial charge in [-0.15, -0.1) is 5.10 Å². The molecule has 1 unspecified atom stereocenters. The fourth-order valence-electron chi connectivity index (χ4n) is 2.79. The lowest BCUT2D eigenvalue weighted by Crippen LogP contribution is -2.25. The molecule has 3 aromatic rings. The number of nitrogens with zero attached hydrogens (tertiary/aromatic N) is 2. The van der Waals surface area contributed by atoms with Gasteiger partial charge in [0, 0.05) is 10.6 Å². The Balaban J connectivity index is 1.39. The average Bonchev–Trinajstić information content (AvgIpc) is 3.31. The van der Waals surface area contributed by atoms with Crippen LogP contribution in [0.3, 0.4) is 0 Å². The Labute approximate surface area is 181 Å². The summed E-state index contributed by atoms with van der Waals surface area (Å²) in [5, 5.41) is 12.4. The molecule has 5 nitrogen and oxygen atoms in total. The van der Waals surface area contributed by atoms with Crippen molar-refractivity contribution in [3.63, 3.8) is 0 Å². The lowest BCUT2D eigenvalue weighted by Gasteiger charge is -2.05. The lowest BCUT2D eigenvalue weighted by molar-refractivity contribution is -0.118. The van der Waals surface area contributed by atoms with E-state index in [4.69, 9.17) is 27.6 Å². The summed E-state index contributed by atoms with van der Waals surface area (Å²) < 4.78 is 5.74. The Kier molecular flexibility index (Phi) is 6.04. The minimum atomic E-state index is -0.249. The quantitative estimate of drug-likeness (QED) is 0.422. The van der Waals surface area contributed by atoms with Crippen LogP contribution in [0.25, 0.3) is 11.3 Å². The molecule has 4 rings (SSSR count). The third-order valence-electron chi connectivity index (χ3n) is 4.21. The Hall–Kier alpha value is -2.54. The van der Waals surface area contributed by atoms with E-state index in [-0.39, 0.29) is 11.2 Å². The van der Waals surface area contributed by atoms with E-state index in [1.54, 1.807) is 12.1 Å². The predicted molar refractivity (Wildman–Crippen MR) is 119 cm³/mol. The van der Waals surface area contributed by atoms with E-state index in [1.165, 1.54) is 18.0 Å². The zero-order valence-electron chi connectivity index (χ0n) is 15.0. The number of hydrogen-bond donors (Lipinski definition) is 1. The Bertz CT molecular complexity index is 1090. The summed E-state index contributed by atoms with van der Waals surface area (Å²) in [6.45, 7) is 0. The van der Waals surface area contributed by atoms with Gasteiger partial charge in [-0.1, -0.05) is 59.2 Å². The number of carbonyl (C=O) groups excluding carboxylic acids is 1. The zero-order chi connectivity index (χ0) is 20.2. The molecule has 1 aromatic heterocycles. The second-order valence-corrected chi connectivity index (χ2v) is 8.29. The summed E-state index contributed by atoms with van der Waals surface area (Å²) in [7, 11) is 0. The largest absolute Gasteiger partial charge is 0.455 e. The van der Waals surface area contributed by atoms with Crippen molar-refractivity contribution in [3.05, 3.63) is 82.0 Å². The predicted octanol–water partition coefficient (Wildman–Crippen LogP) is 5.42. The molecule has 0 spiro atoms.